The molecule has 2 fully saturated rings. The summed E-state index contributed by atoms with van der Waals surface area (Å²) in [4.78, 5) is 24.9. The molecule has 2 saturated carbocycles. The summed E-state index contributed by atoms with van der Waals surface area (Å²) in [5, 5.41) is 11.8. The van der Waals surface area contributed by atoms with Gasteiger partial charge in [-0.1, -0.05) is 13.8 Å². The average Bonchev–Trinajstić information content (AvgIpc) is 3.13. The lowest BCUT2D eigenvalue weighted by atomic mass is 9.85. The zero-order chi connectivity index (χ0) is 17.9. The van der Waals surface area contributed by atoms with Gasteiger partial charge in [0, 0.05) is 18.6 Å². The molecule has 8 heteroatoms. The second-order valence-corrected chi connectivity index (χ2v) is 9.71. The Hall–Kier alpha value is -1.15. The number of nitrogens with one attached hydrogen (secondary N) is 1. The number of nitrogens with zero attached hydrogens (tertiary/aromatic N) is 1. The predicted molar refractivity (Wildman–Crippen MR) is 90.4 cm³/mol. The number of sulfone groups is 1. The summed E-state index contributed by atoms with van der Waals surface area (Å²) in [6.45, 7) is 4.46. The molecule has 0 radical (unpaired) electrons. The van der Waals surface area contributed by atoms with Crippen molar-refractivity contribution in [2.24, 2.45) is 11.8 Å². The summed E-state index contributed by atoms with van der Waals surface area (Å²) < 4.78 is 23.7. The van der Waals surface area contributed by atoms with Gasteiger partial charge in [0.1, 0.15) is 5.75 Å². The van der Waals surface area contributed by atoms with Gasteiger partial charge in [0.05, 0.1) is 12.3 Å². The van der Waals surface area contributed by atoms with E-state index in [1.54, 1.807) is 0 Å². The van der Waals surface area contributed by atoms with Gasteiger partial charge >= 0.3 is 5.97 Å². The van der Waals surface area contributed by atoms with Crippen molar-refractivity contribution in [2.45, 2.75) is 51.6 Å². The van der Waals surface area contributed by atoms with Crippen LogP contribution in [0.1, 0.15) is 39.5 Å². The zero-order valence-corrected chi connectivity index (χ0v) is 15.2. The summed E-state index contributed by atoms with van der Waals surface area (Å²) in [5.41, 5.74) is 0. The van der Waals surface area contributed by atoms with E-state index in [1.165, 1.54) is 0 Å². The first-order valence-corrected chi connectivity index (χ1v) is 10.4. The standard InChI is InChI=1S/C16H28N2O5S/c1-11(2)9-24(22,23)10-15(19)17-13-5-14(6-13)18(8-16(20)21)7-12-3-4-12/h11-14H,3-10H2,1-2H3,(H,17,19)(H,20,21). The molecular formula is C16H28N2O5S. The lowest BCUT2D eigenvalue weighted by Crippen LogP contribution is -2.56. The maximum atomic E-state index is 11.9. The van der Waals surface area contributed by atoms with Crippen LogP contribution < -0.4 is 5.32 Å². The third-order valence-corrected chi connectivity index (χ3v) is 6.34. The minimum atomic E-state index is -3.36. The number of carbonyl (C=O) groups excluding carboxylic acids is 1. The van der Waals surface area contributed by atoms with Crippen LogP contribution in [0.3, 0.4) is 0 Å². The van der Waals surface area contributed by atoms with Crippen LogP contribution >= 0.6 is 0 Å². The van der Waals surface area contributed by atoms with E-state index in [0.29, 0.717) is 18.8 Å². The van der Waals surface area contributed by atoms with Crippen molar-refractivity contribution in [3.8, 4) is 0 Å². The van der Waals surface area contributed by atoms with Crippen LogP contribution in [0, 0.1) is 11.8 Å². The van der Waals surface area contributed by atoms with E-state index in [1.807, 2.05) is 18.7 Å². The SMILES string of the molecule is CC(C)CS(=O)(=O)CC(=O)NC1CC(N(CC(=O)O)CC2CC2)C1. The Balaban J connectivity index is 1.74. The molecule has 2 aliphatic carbocycles. The van der Waals surface area contributed by atoms with Crippen LogP contribution in [0.15, 0.2) is 0 Å². The molecule has 2 rings (SSSR count). The normalized spacial score (nSPS) is 24.0. The monoisotopic (exact) mass is 360 g/mol. The van der Waals surface area contributed by atoms with Gasteiger partial charge < -0.3 is 10.4 Å². The van der Waals surface area contributed by atoms with Crippen LogP contribution in [0.5, 0.6) is 0 Å². The van der Waals surface area contributed by atoms with Crippen LogP contribution in [0.25, 0.3) is 0 Å². The summed E-state index contributed by atoms with van der Waals surface area (Å²) in [7, 11) is -3.36. The van der Waals surface area contributed by atoms with E-state index in [9.17, 15) is 18.0 Å². The molecule has 0 heterocycles. The van der Waals surface area contributed by atoms with Gasteiger partial charge in [0.25, 0.3) is 0 Å². The van der Waals surface area contributed by atoms with Gasteiger partial charge in [-0.05, 0) is 37.5 Å². The Kier molecular flexibility index (Phi) is 6.25. The lowest BCUT2D eigenvalue weighted by Gasteiger charge is -2.42. The van der Waals surface area contributed by atoms with Crippen molar-refractivity contribution < 1.29 is 23.1 Å². The molecule has 0 bridgehead atoms. The summed E-state index contributed by atoms with van der Waals surface area (Å²) in [6.07, 6.45) is 3.71. The predicted octanol–water partition coefficient (Wildman–Crippen LogP) is 0.501. The summed E-state index contributed by atoms with van der Waals surface area (Å²) in [6, 6.07) is 0.117. The van der Waals surface area contributed by atoms with E-state index in [2.05, 4.69) is 5.32 Å². The van der Waals surface area contributed by atoms with Crippen molar-refractivity contribution in [1.29, 1.82) is 0 Å². The number of hydrogen-bond donors (Lipinski definition) is 2. The number of amides is 1. The van der Waals surface area contributed by atoms with Crippen molar-refractivity contribution >= 4 is 21.7 Å². The first-order chi connectivity index (χ1) is 11.1. The molecule has 2 aliphatic rings. The minimum absolute atomic E-state index is 0.00267. The molecule has 0 spiro atoms. The van der Waals surface area contributed by atoms with E-state index in [0.717, 1.165) is 19.4 Å². The summed E-state index contributed by atoms with van der Waals surface area (Å²) in [5.74, 6) is -1.12. The number of rotatable bonds is 10. The maximum absolute atomic E-state index is 11.9. The van der Waals surface area contributed by atoms with Crippen LogP contribution in [0.4, 0.5) is 0 Å². The molecule has 0 aliphatic heterocycles. The third-order valence-electron chi connectivity index (χ3n) is 4.46. The van der Waals surface area contributed by atoms with Crippen molar-refractivity contribution in [1.82, 2.24) is 10.2 Å². The molecule has 7 nitrogen and oxygen atoms in total. The van der Waals surface area contributed by atoms with E-state index in [-0.39, 0.29) is 30.3 Å². The number of aliphatic carboxylic acids is 1. The fraction of sp³-hybridized carbons (Fsp3) is 0.875. The van der Waals surface area contributed by atoms with E-state index in [4.69, 9.17) is 5.11 Å². The Labute approximate surface area is 143 Å². The number of carboxylic acids is 1. The Morgan fingerprint density at radius 1 is 1.25 bits per heavy atom. The molecule has 1 amide bonds. The van der Waals surface area contributed by atoms with Gasteiger partial charge in [-0.3, -0.25) is 14.5 Å². The van der Waals surface area contributed by atoms with Gasteiger partial charge in [-0.25, -0.2) is 8.42 Å². The van der Waals surface area contributed by atoms with Crippen molar-refractivity contribution in [3.05, 3.63) is 0 Å². The van der Waals surface area contributed by atoms with Crippen LogP contribution in [-0.4, -0.2) is 67.0 Å². The quantitative estimate of drug-likeness (QED) is 0.588. The second-order valence-electron chi connectivity index (χ2n) is 7.60. The van der Waals surface area contributed by atoms with Crippen molar-refractivity contribution in [3.63, 3.8) is 0 Å². The average molecular weight is 360 g/mol. The topological polar surface area (TPSA) is 104 Å². The van der Waals surface area contributed by atoms with Gasteiger partial charge in [0.2, 0.25) is 5.91 Å². The molecule has 0 aromatic carbocycles. The molecule has 0 aromatic rings. The largest absolute Gasteiger partial charge is 0.480 e. The zero-order valence-electron chi connectivity index (χ0n) is 14.4. The van der Waals surface area contributed by atoms with E-state index >= 15 is 0 Å². The lowest BCUT2D eigenvalue weighted by molar-refractivity contribution is -0.140. The third kappa shape index (κ3) is 6.39. The Morgan fingerprint density at radius 2 is 1.88 bits per heavy atom. The molecule has 0 saturated heterocycles. The smallest absolute Gasteiger partial charge is 0.317 e. The molecular weight excluding hydrogens is 332 g/mol. The fourth-order valence-corrected chi connectivity index (χ4v) is 4.80. The Bertz CT molecular complexity index is 565. The van der Waals surface area contributed by atoms with Gasteiger partial charge in [0.15, 0.2) is 9.84 Å². The highest BCUT2D eigenvalue weighted by molar-refractivity contribution is 7.92. The summed E-state index contributed by atoms with van der Waals surface area (Å²) >= 11 is 0. The molecule has 0 atom stereocenters. The van der Waals surface area contributed by atoms with E-state index < -0.39 is 27.5 Å². The van der Waals surface area contributed by atoms with Crippen molar-refractivity contribution in [2.75, 3.05) is 24.6 Å². The minimum Gasteiger partial charge on any atom is -0.480 e. The number of hydrogen-bond acceptors (Lipinski definition) is 5. The van der Waals surface area contributed by atoms with Gasteiger partial charge in [-0.15, -0.1) is 0 Å². The molecule has 2 N–H and O–H groups in total. The molecule has 138 valence electrons. The highest BCUT2D eigenvalue weighted by Gasteiger charge is 2.38. The second kappa shape index (κ2) is 7.82. The molecule has 24 heavy (non-hydrogen) atoms. The first kappa shape index (κ1) is 19.2. The number of carbonyl (C=O) groups is 2. The van der Waals surface area contributed by atoms with Crippen LogP contribution in [0.2, 0.25) is 0 Å². The van der Waals surface area contributed by atoms with Gasteiger partial charge in [-0.2, -0.15) is 0 Å². The first-order valence-electron chi connectivity index (χ1n) is 8.60. The maximum Gasteiger partial charge on any atom is 0.317 e. The molecule has 0 aromatic heterocycles. The molecule has 0 unspecified atom stereocenters. The Morgan fingerprint density at radius 3 is 2.38 bits per heavy atom. The van der Waals surface area contributed by atoms with Crippen LogP contribution in [-0.2, 0) is 19.4 Å². The fourth-order valence-electron chi connectivity index (χ4n) is 3.19. The highest BCUT2D eigenvalue weighted by Crippen LogP contribution is 2.33. The number of carboxylic acid groups (broad SMARTS) is 1. The highest BCUT2D eigenvalue weighted by atomic mass is 32.2.